The highest BCUT2D eigenvalue weighted by molar-refractivity contribution is 5.43. The third-order valence-electron chi connectivity index (χ3n) is 5.06. The minimum atomic E-state index is 0.434. The van der Waals surface area contributed by atoms with Crippen LogP contribution in [0.4, 0.5) is 5.82 Å². The average molecular weight is 336 g/mol. The molecule has 3 aromatic heterocycles. The van der Waals surface area contributed by atoms with Crippen LogP contribution in [0.2, 0.25) is 0 Å². The SMILES string of the molecule is c1cnn(-c2cc(N3CCC(n4cc(C5CC5)nn4)CC3)ncn2)c1. The molecule has 4 heterocycles. The van der Waals surface area contributed by atoms with Crippen molar-refractivity contribution in [1.82, 2.24) is 34.7 Å². The van der Waals surface area contributed by atoms with Gasteiger partial charge in [0.15, 0.2) is 5.82 Å². The van der Waals surface area contributed by atoms with Crippen LogP contribution in [0.15, 0.2) is 37.1 Å². The minimum Gasteiger partial charge on any atom is -0.356 e. The van der Waals surface area contributed by atoms with Crippen molar-refractivity contribution < 1.29 is 0 Å². The van der Waals surface area contributed by atoms with Crippen molar-refractivity contribution in [2.45, 2.75) is 37.6 Å². The van der Waals surface area contributed by atoms with Crippen LogP contribution in [0.5, 0.6) is 0 Å². The van der Waals surface area contributed by atoms with Gasteiger partial charge in [-0.1, -0.05) is 5.21 Å². The molecule has 5 rings (SSSR count). The Kier molecular flexibility index (Phi) is 3.46. The van der Waals surface area contributed by atoms with Crippen molar-refractivity contribution in [3.05, 3.63) is 42.7 Å². The molecule has 0 bridgehead atoms. The van der Waals surface area contributed by atoms with Gasteiger partial charge in [-0.05, 0) is 31.7 Å². The maximum Gasteiger partial charge on any atom is 0.158 e. The van der Waals surface area contributed by atoms with E-state index in [0.29, 0.717) is 12.0 Å². The van der Waals surface area contributed by atoms with E-state index in [-0.39, 0.29) is 0 Å². The third kappa shape index (κ3) is 2.88. The number of nitrogens with zero attached hydrogens (tertiary/aromatic N) is 8. The van der Waals surface area contributed by atoms with Gasteiger partial charge < -0.3 is 4.90 Å². The molecule has 0 N–H and O–H groups in total. The van der Waals surface area contributed by atoms with Crippen LogP contribution in [-0.2, 0) is 0 Å². The molecule has 0 radical (unpaired) electrons. The second kappa shape index (κ2) is 5.94. The van der Waals surface area contributed by atoms with Crippen molar-refractivity contribution in [3.63, 3.8) is 0 Å². The highest BCUT2D eigenvalue weighted by Gasteiger charge is 2.28. The smallest absolute Gasteiger partial charge is 0.158 e. The molecular formula is C17H20N8. The monoisotopic (exact) mass is 336 g/mol. The Bertz CT molecular complexity index is 843. The van der Waals surface area contributed by atoms with Gasteiger partial charge in [0.2, 0.25) is 0 Å². The predicted octanol–water partition coefficient (Wildman–Crippen LogP) is 1.97. The van der Waals surface area contributed by atoms with E-state index >= 15 is 0 Å². The first kappa shape index (κ1) is 14.6. The van der Waals surface area contributed by atoms with Crippen LogP contribution in [-0.4, -0.2) is 47.8 Å². The molecule has 1 aliphatic carbocycles. The normalized spacial score (nSPS) is 18.6. The highest BCUT2D eigenvalue weighted by Crippen LogP contribution is 2.39. The fourth-order valence-corrected chi connectivity index (χ4v) is 3.43. The number of hydrogen-bond acceptors (Lipinski definition) is 6. The topological polar surface area (TPSA) is 77.5 Å². The summed E-state index contributed by atoms with van der Waals surface area (Å²) in [7, 11) is 0. The molecule has 8 heteroatoms. The molecule has 128 valence electrons. The molecule has 0 amide bonds. The fourth-order valence-electron chi connectivity index (χ4n) is 3.43. The number of rotatable bonds is 4. The molecule has 0 aromatic carbocycles. The Morgan fingerprint density at radius 2 is 1.84 bits per heavy atom. The Balaban J connectivity index is 1.27. The van der Waals surface area contributed by atoms with Crippen molar-refractivity contribution in [1.29, 1.82) is 0 Å². The molecule has 25 heavy (non-hydrogen) atoms. The summed E-state index contributed by atoms with van der Waals surface area (Å²) >= 11 is 0. The van der Waals surface area contributed by atoms with E-state index in [1.807, 2.05) is 18.3 Å². The van der Waals surface area contributed by atoms with E-state index < -0.39 is 0 Å². The molecule has 1 aliphatic heterocycles. The molecule has 2 aliphatic rings. The molecule has 3 aromatic rings. The number of anilines is 1. The summed E-state index contributed by atoms with van der Waals surface area (Å²) in [5, 5.41) is 12.9. The van der Waals surface area contributed by atoms with Crippen molar-refractivity contribution in [2.24, 2.45) is 0 Å². The Morgan fingerprint density at radius 3 is 2.60 bits per heavy atom. The predicted molar refractivity (Wildman–Crippen MR) is 91.6 cm³/mol. The largest absolute Gasteiger partial charge is 0.356 e. The first-order valence-electron chi connectivity index (χ1n) is 8.85. The molecule has 0 unspecified atom stereocenters. The molecule has 0 spiro atoms. The van der Waals surface area contributed by atoms with Crippen molar-refractivity contribution in [3.8, 4) is 5.82 Å². The molecule has 1 saturated carbocycles. The zero-order valence-corrected chi connectivity index (χ0v) is 13.9. The molecule has 1 saturated heterocycles. The average Bonchev–Trinajstić information content (AvgIpc) is 3.17. The lowest BCUT2D eigenvalue weighted by molar-refractivity contribution is 0.359. The lowest BCUT2D eigenvalue weighted by Crippen LogP contribution is -2.35. The van der Waals surface area contributed by atoms with Crippen molar-refractivity contribution in [2.75, 3.05) is 18.0 Å². The zero-order chi connectivity index (χ0) is 16.6. The number of hydrogen-bond donors (Lipinski definition) is 0. The van der Waals surface area contributed by atoms with Gasteiger partial charge in [-0.2, -0.15) is 5.10 Å². The first-order chi connectivity index (χ1) is 12.4. The van der Waals surface area contributed by atoms with Crippen LogP contribution in [0, 0.1) is 0 Å². The summed E-state index contributed by atoms with van der Waals surface area (Å²) < 4.78 is 3.83. The number of piperidine rings is 1. The summed E-state index contributed by atoms with van der Waals surface area (Å²) in [4.78, 5) is 11.1. The lowest BCUT2D eigenvalue weighted by atomic mass is 10.1. The Hall–Kier alpha value is -2.77. The maximum absolute atomic E-state index is 4.45. The van der Waals surface area contributed by atoms with Crippen molar-refractivity contribution >= 4 is 5.82 Å². The quantitative estimate of drug-likeness (QED) is 0.725. The Labute approximate surface area is 145 Å². The second-order valence-corrected chi connectivity index (χ2v) is 6.80. The molecule has 8 nitrogen and oxygen atoms in total. The van der Waals surface area contributed by atoms with E-state index in [4.69, 9.17) is 0 Å². The standard InChI is InChI=1S/C17H20N8/c1-6-20-24(7-1)17-10-16(18-12-19-17)23-8-4-14(5-9-23)25-11-15(21-22-25)13-2-3-13/h1,6-7,10-14H,2-5,8-9H2. The summed E-state index contributed by atoms with van der Waals surface area (Å²) in [6.07, 6.45) is 12.0. The van der Waals surface area contributed by atoms with E-state index in [9.17, 15) is 0 Å². The van der Waals surface area contributed by atoms with Gasteiger partial charge >= 0.3 is 0 Å². The van der Waals surface area contributed by atoms with Gasteiger partial charge in [0, 0.05) is 43.7 Å². The van der Waals surface area contributed by atoms with Gasteiger partial charge in [0.05, 0.1) is 11.7 Å². The molecule has 0 atom stereocenters. The second-order valence-electron chi connectivity index (χ2n) is 6.80. The van der Waals surface area contributed by atoms with Crippen LogP contribution in [0.25, 0.3) is 5.82 Å². The molecular weight excluding hydrogens is 316 g/mol. The van der Waals surface area contributed by atoms with E-state index in [1.165, 1.54) is 18.5 Å². The summed E-state index contributed by atoms with van der Waals surface area (Å²) in [6.45, 7) is 1.91. The van der Waals surface area contributed by atoms with Gasteiger partial charge in [-0.15, -0.1) is 5.10 Å². The fraction of sp³-hybridized carbons (Fsp3) is 0.471. The summed E-state index contributed by atoms with van der Waals surface area (Å²) in [5.74, 6) is 2.41. The zero-order valence-electron chi connectivity index (χ0n) is 13.9. The third-order valence-corrected chi connectivity index (χ3v) is 5.06. The van der Waals surface area contributed by atoms with E-state index in [2.05, 4.69) is 41.2 Å². The Morgan fingerprint density at radius 1 is 1.00 bits per heavy atom. The number of aromatic nitrogens is 7. The van der Waals surface area contributed by atoms with Gasteiger partial charge in [-0.25, -0.2) is 19.3 Å². The van der Waals surface area contributed by atoms with Crippen LogP contribution in [0.3, 0.4) is 0 Å². The minimum absolute atomic E-state index is 0.434. The molecule has 2 fully saturated rings. The highest BCUT2D eigenvalue weighted by atomic mass is 15.4. The lowest BCUT2D eigenvalue weighted by Gasteiger charge is -2.32. The van der Waals surface area contributed by atoms with Crippen LogP contribution >= 0.6 is 0 Å². The van der Waals surface area contributed by atoms with E-state index in [0.717, 1.165) is 37.6 Å². The maximum atomic E-state index is 4.45. The van der Waals surface area contributed by atoms with Crippen LogP contribution < -0.4 is 4.90 Å². The first-order valence-corrected chi connectivity index (χ1v) is 8.85. The summed E-state index contributed by atoms with van der Waals surface area (Å²) in [5.41, 5.74) is 1.17. The summed E-state index contributed by atoms with van der Waals surface area (Å²) in [6, 6.07) is 4.32. The van der Waals surface area contributed by atoms with Crippen LogP contribution in [0.1, 0.15) is 43.3 Å². The van der Waals surface area contributed by atoms with E-state index in [1.54, 1.807) is 17.2 Å². The van der Waals surface area contributed by atoms with Gasteiger partial charge in [0.1, 0.15) is 12.1 Å². The van der Waals surface area contributed by atoms with Gasteiger partial charge in [0.25, 0.3) is 0 Å². The van der Waals surface area contributed by atoms with Gasteiger partial charge in [-0.3, -0.25) is 0 Å².